The zero-order chi connectivity index (χ0) is 20.2. The van der Waals surface area contributed by atoms with Gasteiger partial charge in [-0.2, -0.15) is 0 Å². The second-order valence-electron chi connectivity index (χ2n) is 7.21. The van der Waals surface area contributed by atoms with Crippen LogP contribution in [-0.4, -0.2) is 36.8 Å². The van der Waals surface area contributed by atoms with Crippen LogP contribution in [0.25, 0.3) is 11.3 Å². The third kappa shape index (κ3) is 3.94. The van der Waals surface area contributed by atoms with Crippen LogP contribution in [0.3, 0.4) is 0 Å². The van der Waals surface area contributed by atoms with E-state index in [2.05, 4.69) is 0 Å². The average Bonchev–Trinajstić information content (AvgIpc) is 3.33. The van der Waals surface area contributed by atoms with Crippen molar-refractivity contribution < 1.29 is 18.7 Å². The van der Waals surface area contributed by atoms with E-state index >= 15 is 0 Å². The van der Waals surface area contributed by atoms with Gasteiger partial charge in [-0.1, -0.05) is 24.3 Å². The van der Waals surface area contributed by atoms with Gasteiger partial charge in [0.05, 0.1) is 18.9 Å². The summed E-state index contributed by atoms with van der Waals surface area (Å²) in [7, 11) is 1.56. The normalized spacial score (nSPS) is 16.4. The first-order valence-corrected chi connectivity index (χ1v) is 9.78. The Morgan fingerprint density at radius 1 is 1.03 bits per heavy atom. The van der Waals surface area contributed by atoms with Crippen molar-refractivity contribution in [2.45, 2.75) is 12.8 Å². The van der Waals surface area contributed by atoms with Gasteiger partial charge in [-0.05, 0) is 49.2 Å². The van der Waals surface area contributed by atoms with E-state index < -0.39 is 0 Å². The molecule has 1 aromatic heterocycles. The Morgan fingerprint density at radius 3 is 2.55 bits per heavy atom. The lowest BCUT2D eigenvalue weighted by Crippen LogP contribution is -2.42. The van der Waals surface area contributed by atoms with E-state index in [0.29, 0.717) is 30.0 Å². The summed E-state index contributed by atoms with van der Waals surface area (Å²) < 4.78 is 10.7. The number of para-hydroxylation sites is 1. The number of benzene rings is 2. The molecule has 4 rings (SSSR count). The second-order valence-corrected chi connectivity index (χ2v) is 7.21. The van der Waals surface area contributed by atoms with E-state index in [9.17, 15) is 9.59 Å². The molecule has 1 fully saturated rings. The molecular formula is C24H23NO4. The van der Waals surface area contributed by atoms with Gasteiger partial charge in [0, 0.05) is 30.1 Å². The number of rotatable bonds is 5. The molecule has 0 aliphatic carbocycles. The molecule has 2 aromatic carbocycles. The zero-order valence-corrected chi connectivity index (χ0v) is 16.3. The summed E-state index contributed by atoms with van der Waals surface area (Å²) in [6.07, 6.45) is 3.21. The predicted molar refractivity (Wildman–Crippen MR) is 110 cm³/mol. The van der Waals surface area contributed by atoms with Gasteiger partial charge < -0.3 is 14.1 Å². The maximum Gasteiger partial charge on any atom is 0.253 e. The van der Waals surface area contributed by atoms with Crippen molar-refractivity contribution in [2.24, 2.45) is 5.92 Å². The van der Waals surface area contributed by atoms with Gasteiger partial charge in [0.1, 0.15) is 11.5 Å². The number of ketones is 1. The topological polar surface area (TPSA) is 59.8 Å². The largest absolute Gasteiger partial charge is 0.496 e. The summed E-state index contributed by atoms with van der Waals surface area (Å²) in [6, 6.07) is 18.4. The molecule has 0 bridgehead atoms. The van der Waals surface area contributed by atoms with Gasteiger partial charge in [-0.3, -0.25) is 9.59 Å². The number of amides is 1. The smallest absolute Gasteiger partial charge is 0.253 e. The molecule has 1 amide bonds. The van der Waals surface area contributed by atoms with Crippen LogP contribution in [-0.2, 0) is 0 Å². The maximum absolute atomic E-state index is 13.0. The molecule has 0 unspecified atom stereocenters. The number of furan rings is 1. The highest BCUT2D eigenvalue weighted by Crippen LogP contribution is 2.27. The number of nitrogens with zero attached hydrogens (tertiary/aromatic N) is 1. The fourth-order valence-electron chi connectivity index (χ4n) is 3.85. The molecule has 148 valence electrons. The van der Waals surface area contributed by atoms with Crippen LogP contribution in [0.2, 0.25) is 0 Å². The minimum atomic E-state index is -0.216. The van der Waals surface area contributed by atoms with E-state index in [1.54, 1.807) is 30.4 Å². The minimum absolute atomic E-state index is 0.0353. The molecule has 5 heteroatoms. The first-order chi connectivity index (χ1) is 14.2. The molecule has 29 heavy (non-hydrogen) atoms. The standard InChI is InChI=1S/C24H23NO4/c1-28-22-8-3-2-7-20(22)23(26)19-6-4-14-25(16-19)24(27)18-12-10-17(11-13-18)21-9-5-15-29-21/h2-3,5,7-13,15,19H,4,6,14,16H2,1H3/t19-/m1/s1. The van der Waals surface area contributed by atoms with Crippen molar-refractivity contribution >= 4 is 11.7 Å². The van der Waals surface area contributed by atoms with E-state index in [4.69, 9.17) is 9.15 Å². The molecule has 1 saturated heterocycles. The van der Waals surface area contributed by atoms with E-state index in [1.807, 2.05) is 48.5 Å². The number of piperidine rings is 1. The van der Waals surface area contributed by atoms with Gasteiger partial charge in [-0.15, -0.1) is 0 Å². The van der Waals surface area contributed by atoms with Gasteiger partial charge in [0.2, 0.25) is 0 Å². The molecule has 3 aromatic rings. The fraction of sp³-hybridized carbons (Fsp3) is 0.250. The highest BCUT2D eigenvalue weighted by molar-refractivity contribution is 6.01. The molecule has 0 spiro atoms. The summed E-state index contributed by atoms with van der Waals surface area (Å²) in [5.74, 6) is 1.12. The maximum atomic E-state index is 13.0. The Hall–Kier alpha value is -3.34. The van der Waals surface area contributed by atoms with Gasteiger partial charge in [0.15, 0.2) is 5.78 Å². The highest BCUT2D eigenvalue weighted by Gasteiger charge is 2.30. The van der Waals surface area contributed by atoms with Crippen LogP contribution in [0.15, 0.2) is 71.3 Å². The summed E-state index contributed by atoms with van der Waals surface area (Å²) >= 11 is 0. The Bertz CT molecular complexity index is 992. The third-order valence-electron chi connectivity index (χ3n) is 5.39. The highest BCUT2D eigenvalue weighted by atomic mass is 16.5. The molecule has 0 saturated carbocycles. The number of hydrogen-bond donors (Lipinski definition) is 0. The van der Waals surface area contributed by atoms with E-state index in [-0.39, 0.29) is 17.6 Å². The first kappa shape index (κ1) is 19.0. The Balaban J connectivity index is 1.48. The molecule has 1 atom stereocenters. The van der Waals surface area contributed by atoms with Crippen LogP contribution in [0.4, 0.5) is 0 Å². The average molecular weight is 389 g/mol. The molecule has 1 aliphatic rings. The number of carbonyl (C=O) groups excluding carboxylic acids is 2. The van der Waals surface area contributed by atoms with Crippen LogP contribution < -0.4 is 4.74 Å². The van der Waals surface area contributed by atoms with Crippen LogP contribution in [0, 0.1) is 5.92 Å². The van der Waals surface area contributed by atoms with Crippen LogP contribution in [0.5, 0.6) is 5.75 Å². The first-order valence-electron chi connectivity index (χ1n) is 9.78. The zero-order valence-electron chi connectivity index (χ0n) is 16.3. The van der Waals surface area contributed by atoms with Crippen molar-refractivity contribution in [2.75, 3.05) is 20.2 Å². The lowest BCUT2D eigenvalue weighted by Gasteiger charge is -2.32. The second kappa shape index (κ2) is 8.35. The summed E-state index contributed by atoms with van der Waals surface area (Å²) in [4.78, 5) is 27.8. The summed E-state index contributed by atoms with van der Waals surface area (Å²) in [5, 5.41) is 0. The lowest BCUT2D eigenvalue weighted by molar-refractivity contribution is 0.0636. The van der Waals surface area contributed by atoms with Crippen molar-refractivity contribution in [1.82, 2.24) is 4.90 Å². The SMILES string of the molecule is COc1ccccc1C(=O)[C@@H]1CCCN(C(=O)c2ccc(-c3ccco3)cc2)C1. The Morgan fingerprint density at radius 2 is 1.83 bits per heavy atom. The van der Waals surface area contributed by atoms with Gasteiger partial charge in [0.25, 0.3) is 5.91 Å². The Kier molecular flexibility index (Phi) is 5.47. The molecule has 1 aliphatic heterocycles. The number of methoxy groups -OCH3 is 1. The van der Waals surface area contributed by atoms with Crippen molar-refractivity contribution in [1.29, 1.82) is 0 Å². The summed E-state index contributed by atoms with van der Waals surface area (Å²) in [5.41, 5.74) is 2.12. The monoisotopic (exact) mass is 389 g/mol. The molecule has 0 radical (unpaired) electrons. The number of likely N-dealkylation sites (tertiary alicyclic amines) is 1. The lowest BCUT2D eigenvalue weighted by atomic mass is 9.89. The molecule has 5 nitrogen and oxygen atoms in total. The van der Waals surface area contributed by atoms with Crippen LogP contribution in [0.1, 0.15) is 33.6 Å². The molecular weight excluding hydrogens is 366 g/mol. The van der Waals surface area contributed by atoms with Crippen molar-refractivity contribution in [3.05, 3.63) is 78.1 Å². The minimum Gasteiger partial charge on any atom is -0.496 e. The van der Waals surface area contributed by atoms with Crippen LogP contribution >= 0.6 is 0 Å². The number of ether oxygens (including phenoxy) is 1. The van der Waals surface area contributed by atoms with Gasteiger partial charge in [-0.25, -0.2) is 0 Å². The van der Waals surface area contributed by atoms with Crippen molar-refractivity contribution in [3.8, 4) is 17.1 Å². The fourth-order valence-corrected chi connectivity index (χ4v) is 3.85. The Labute approximate surface area is 169 Å². The predicted octanol–water partition coefficient (Wildman–Crippen LogP) is 4.69. The van der Waals surface area contributed by atoms with Gasteiger partial charge >= 0.3 is 0 Å². The molecule has 0 N–H and O–H groups in total. The quantitative estimate of drug-likeness (QED) is 0.594. The van der Waals surface area contributed by atoms with E-state index in [0.717, 1.165) is 24.2 Å². The summed E-state index contributed by atoms with van der Waals surface area (Å²) in [6.45, 7) is 1.09. The van der Waals surface area contributed by atoms with Crippen molar-refractivity contribution in [3.63, 3.8) is 0 Å². The van der Waals surface area contributed by atoms with E-state index in [1.165, 1.54) is 0 Å². The number of hydrogen-bond acceptors (Lipinski definition) is 4. The number of Topliss-reactive ketones (excluding diaryl/α,β-unsaturated/α-hetero) is 1. The number of carbonyl (C=O) groups is 2. The third-order valence-corrected chi connectivity index (χ3v) is 5.39. The molecule has 2 heterocycles.